The summed E-state index contributed by atoms with van der Waals surface area (Å²) in [5, 5.41) is 3.75. The third-order valence-corrected chi connectivity index (χ3v) is 3.86. The van der Waals surface area contributed by atoms with Crippen LogP contribution in [0.4, 0.5) is 5.88 Å². The second-order valence-corrected chi connectivity index (χ2v) is 5.79. The van der Waals surface area contributed by atoms with E-state index in [9.17, 15) is 0 Å². The van der Waals surface area contributed by atoms with Gasteiger partial charge in [0.1, 0.15) is 13.2 Å². The Morgan fingerprint density at radius 3 is 2.50 bits per heavy atom. The van der Waals surface area contributed by atoms with Gasteiger partial charge in [0, 0.05) is 5.56 Å². The summed E-state index contributed by atoms with van der Waals surface area (Å²) >= 11 is 3.53. The molecule has 0 amide bonds. The highest BCUT2D eigenvalue weighted by Gasteiger charge is 2.26. The molecule has 0 aliphatic carbocycles. The lowest BCUT2D eigenvalue weighted by Gasteiger charge is -2.25. The third kappa shape index (κ3) is 2.04. The lowest BCUT2D eigenvalue weighted by Crippen LogP contribution is -2.18. The van der Waals surface area contributed by atoms with Gasteiger partial charge in [0.2, 0.25) is 5.88 Å². The summed E-state index contributed by atoms with van der Waals surface area (Å²) in [5.41, 5.74) is 8.63. The van der Waals surface area contributed by atoms with Gasteiger partial charge in [-0.3, -0.25) is 0 Å². The van der Waals surface area contributed by atoms with Crippen molar-refractivity contribution in [3.8, 4) is 22.6 Å². The number of ether oxygens (including phenoxy) is 2. The van der Waals surface area contributed by atoms with Crippen molar-refractivity contribution < 1.29 is 14.0 Å². The van der Waals surface area contributed by atoms with Crippen molar-refractivity contribution in [2.75, 3.05) is 18.9 Å². The molecular weight excluding hydrogens is 324 g/mol. The first-order chi connectivity index (χ1) is 9.59. The molecule has 20 heavy (non-hydrogen) atoms. The van der Waals surface area contributed by atoms with E-state index in [1.165, 1.54) is 0 Å². The smallest absolute Gasteiger partial charge is 0.229 e. The van der Waals surface area contributed by atoms with Crippen LogP contribution in [0.3, 0.4) is 0 Å². The quantitative estimate of drug-likeness (QED) is 0.906. The lowest BCUT2D eigenvalue weighted by atomic mass is 9.92. The normalized spacial score (nSPS) is 13.8. The largest absolute Gasteiger partial charge is 0.486 e. The molecule has 1 aromatic heterocycles. The Morgan fingerprint density at radius 1 is 1.20 bits per heavy atom. The fourth-order valence-electron chi connectivity index (χ4n) is 2.44. The van der Waals surface area contributed by atoms with Crippen LogP contribution in [0.1, 0.15) is 25.3 Å². The zero-order chi connectivity index (χ0) is 14.3. The fraction of sp³-hybridized carbons (Fsp3) is 0.357. The van der Waals surface area contributed by atoms with E-state index >= 15 is 0 Å². The topological polar surface area (TPSA) is 70.5 Å². The maximum atomic E-state index is 5.85. The van der Waals surface area contributed by atoms with E-state index in [-0.39, 0.29) is 5.92 Å². The summed E-state index contributed by atoms with van der Waals surface area (Å²) in [5.74, 6) is 2.08. The molecule has 2 aromatic rings. The Bertz CT molecular complexity index is 652. The van der Waals surface area contributed by atoms with Crippen molar-refractivity contribution in [2.24, 2.45) is 0 Å². The molecule has 0 spiro atoms. The number of nitrogen functional groups attached to an aromatic ring is 1. The van der Waals surface area contributed by atoms with Crippen LogP contribution in [-0.2, 0) is 0 Å². The average molecular weight is 339 g/mol. The standard InChI is InChI=1S/C14H15BrN2O3/c1-7(2)11-8(9-6-17-20-14(9)16)5-10(15)12-13(11)19-4-3-18-12/h5-7H,3-4,16H2,1-2H3. The van der Waals surface area contributed by atoms with E-state index in [2.05, 4.69) is 34.9 Å². The number of rotatable bonds is 2. The Morgan fingerprint density at radius 2 is 1.90 bits per heavy atom. The Balaban J connectivity index is 2.29. The Hall–Kier alpha value is -1.69. The molecule has 2 heterocycles. The SMILES string of the molecule is CC(C)c1c(-c2cnoc2N)cc(Br)c2c1OCCO2. The molecular formula is C14H15BrN2O3. The molecule has 5 nitrogen and oxygen atoms in total. The highest BCUT2D eigenvalue weighted by molar-refractivity contribution is 9.10. The maximum Gasteiger partial charge on any atom is 0.229 e. The number of halogens is 1. The number of hydrogen-bond donors (Lipinski definition) is 1. The van der Waals surface area contributed by atoms with Gasteiger partial charge in [-0.1, -0.05) is 19.0 Å². The van der Waals surface area contributed by atoms with Gasteiger partial charge in [-0.05, 0) is 33.5 Å². The van der Waals surface area contributed by atoms with Crippen molar-refractivity contribution in [1.29, 1.82) is 0 Å². The zero-order valence-electron chi connectivity index (χ0n) is 11.3. The first-order valence-corrected chi connectivity index (χ1v) is 7.21. The Kier molecular flexibility index (Phi) is 3.33. The van der Waals surface area contributed by atoms with Crippen molar-refractivity contribution in [2.45, 2.75) is 19.8 Å². The number of fused-ring (bicyclic) bond motifs is 1. The van der Waals surface area contributed by atoms with Crippen LogP contribution >= 0.6 is 15.9 Å². The average Bonchev–Trinajstić information content (AvgIpc) is 2.84. The summed E-state index contributed by atoms with van der Waals surface area (Å²) < 4.78 is 17.4. The molecule has 1 aliphatic heterocycles. The highest BCUT2D eigenvalue weighted by Crippen LogP contribution is 2.48. The number of benzene rings is 1. The Labute approximate surface area is 125 Å². The summed E-state index contributed by atoms with van der Waals surface area (Å²) in [6.45, 7) is 5.31. The van der Waals surface area contributed by atoms with Gasteiger partial charge in [-0.2, -0.15) is 0 Å². The van der Waals surface area contributed by atoms with Gasteiger partial charge in [0.05, 0.1) is 16.2 Å². The van der Waals surface area contributed by atoms with Crippen LogP contribution < -0.4 is 15.2 Å². The van der Waals surface area contributed by atoms with Gasteiger partial charge in [-0.15, -0.1) is 0 Å². The highest BCUT2D eigenvalue weighted by atomic mass is 79.9. The molecule has 6 heteroatoms. The predicted octanol–water partition coefficient (Wildman–Crippen LogP) is 3.58. The molecule has 3 rings (SSSR count). The molecule has 0 atom stereocenters. The number of hydrogen-bond acceptors (Lipinski definition) is 5. The van der Waals surface area contributed by atoms with Crippen LogP contribution in [0, 0.1) is 0 Å². The van der Waals surface area contributed by atoms with Crippen molar-refractivity contribution >= 4 is 21.8 Å². The number of aromatic nitrogens is 1. The molecule has 2 N–H and O–H groups in total. The minimum atomic E-state index is 0.253. The summed E-state index contributed by atoms with van der Waals surface area (Å²) in [7, 11) is 0. The minimum Gasteiger partial charge on any atom is -0.486 e. The predicted molar refractivity (Wildman–Crippen MR) is 79.1 cm³/mol. The van der Waals surface area contributed by atoms with E-state index < -0.39 is 0 Å². The molecule has 106 valence electrons. The van der Waals surface area contributed by atoms with Crippen LogP contribution in [0.25, 0.3) is 11.1 Å². The first-order valence-electron chi connectivity index (χ1n) is 6.42. The van der Waals surface area contributed by atoms with Gasteiger partial charge in [0.25, 0.3) is 0 Å². The fourth-order valence-corrected chi connectivity index (χ4v) is 2.96. The van der Waals surface area contributed by atoms with Gasteiger partial charge in [-0.25, -0.2) is 0 Å². The van der Waals surface area contributed by atoms with Gasteiger partial charge in [0.15, 0.2) is 11.5 Å². The van der Waals surface area contributed by atoms with Crippen LogP contribution in [-0.4, -0.2) is 18.4 Å². The van der Waals surface area contributed by atoms with Gasteiger partial charge < -0.3 is 19.7 Å². The van der Waals surface area contributed by atoms with E-state index in [4.69, 9.17) is 19.7 Å². The molecule has 0 saturated heterocycles. The second kappa shape index (κ2) is 5.01. The number of nitrogens with two attached hydrogens (primary N) is 1. The van der Waals surface area contributed by atoms with Crippen molar-refractivity contribution in [3.63, 3.8) is 0 Å². The van der Waals surface area contributed by atoms with Crippen LogP contribution in [0.5, 0.6) is 11.5 Å². The van der Waals surface area contributed by atoms with E-state index in [0.717, 1.165) is 32.7 Å². The molecule has 1 aliphatic rings. The maximum absolute atomic E-state index is 5.85. The monoisotopic (exact) mass is 338 g/mol. The zero-order valence-corrected chi connectivity index (χ0v) is 12.9. The van der Waals surface area contributed by atoms with E-state index in [1.807, 2.05) is 6.07 Å². The molecule has 1 aromatic carbocycles. The van der Waals surface area contributed by atoms with Crippen molar-refractivity contribution in [1.82, 2.24) is 5.16 Å². The van der Waals surface area contributed by atoms with Crippen molar-refractivity contribution in [3.05, 3.63) is 22.3 Å². The molecule has 0 fully saturated rings. The lowest BCUT2D eigenvalue weighted by molar-refractivity contribution is 0.168. The molecule has 0 radical (unpaired) electrons. The number of anilines is 1. The number of nitrogens with zero attached hydrogens (tertiary/aromatic N) is 1. The summed E-state index contributed by atoms with van der Waals surface area (Å²) in [6, 6.07) is 1.98. The van der Waals surface area contributed by atoms with E-state index in [1.54, 1.807) is 6.20 Å². The molecule has 0 saturated carbocycles. The van der Waals surface area contributed by atoms with Crippen LogP contribution in [0.2, 0.25) is 0 Å². The summed E-state index contributed by atoms with van der Waals surface area (Å²) in [4.78, 5) is 0. The molecule has 0 bridgehead atoms. The first kappa shape index (κ1) is 13.3. The summed E-state index contributed by atoms with van der Waals surface area (Å²) in [6.07, 6.45) is 1.62. The van der Waals surface area contributed by atoms with E-state index in [0.29, 0.717) is 19.1 Å². The molecule has 0 unspecified atom stereocenters. The third-order valence-electron chi connectivity index (χ3n) is 3.27. The second-order valence-electron chi connectivity index (χ2n) is 4.93. The van der Waals surface area contributed by atoms with Crippen LogP contribution in [0.15, 0.2) is 21.3 Å². The van der Waals surface area contributed by atoms with Gasteiger partial charge >= 0.3 is 0 Å². The minimum absolute atomic E-state index is 0.253.